The van der Waals surface area contributed by atoms with E-state index in [1.807, 2.05) is 0 Å². The van der Waals surface area contributed by atoms with Crippen LogP contribution in [0.3, 0.4) is 0 Å². The van der Waals surface area contributed by atoms with Crippen molar-refractivity contribution in [1.29, 1.82) is 0 Å². The maximum Gasteiger partial charge on any atom is 0.192 e. The molecule has 0 aromatic carbocycles. The van der Waals surface area contributed by atoms with Gasteiger partial charge in [-0.2, -0.15) is 0 Å². The van der Waals surface area contributed by atoms with Crippen molar-refractivity contribution in [2.75, 3.05) is 26.2 Å². The van der Waals surface area contributed by atoms with Gasteiger partial charge in [0.25, 0.3) is 0 Å². The summed E-state index contributed by atoms with van der Waals surface area (Å²) < 4.78 is 0. The summed E-state index contributed by atoms with van der Waals surface area (Å²) in [5, 5.41) is 2.14. The molecule has 0 aliphatic carbocycles. The second kappa shape index (κ2) is 5.97. The quantitative estimate of drug-likeness (QED) is 0.929. The van der Waals surface area contributed by atoms with Crippen molar-refractivity contribution < 1.29 is 0 Å². The third kappa shape index (κ3) is 3.09. The third-order valence-electron chi connectivity index (χ3n) is 4.69. The van der Waals surface area contributed by atoms with E-state index in [0.29, 0.717) is 0 Å². The lowest BCUT2D eigenvalue weighted by molar-refractivity contribution is 0.0764. The molecule has 0 radical (unpaired) electrons. The molecule has 3 rings (SSSR count). The molecule has 4 nitrogen and oxygen atoms in total. The van der Waals surface area contributed by atoms with E-state index in [0.717, 1.165) is 25.0 Å². The van der Waals surface area contributed by atoms with Gasteiger partial charge < -0.3 is 15.5 Å². The van der Waals surface area contributed by atoms with Crippen molar-refractivity contribution in [3.63, 3.8) is 0 Å². The molecule has 5 heteroatoms. The third-order valence-corrected chi connectivity index (χ3v) is 5.55. The minimum absolute atomic E-state index is 0.168. The lowest BCUT2D eigenvalue weighted by Gasteiger charge is -2.45. The number of guanidine groups is 1. The SMILES string of the molecule is CC(C)CN1CCC2(CC1)CN=C(N)N2Cc1cccs1. The van der Waals surface area contributed by atoms with Crippen LogP contribution in [0.4, 0.5) is 0 Å². The maximum atomic E-state index is 6.18. The van der Waals surface area contributed by atoms with Crippen LogP contribution in [-0.2, 0) is 6.54 Å². The van der Waals surface area contributed by atoms with Crippen LogP contribution in [0.25, 0.3) is 0 Å². The monoisotopic (exact) mass is 306 g/mol. The zero-order valence-electron chi connectivity index (χ0n) is 13.1. The molecule has 0 saturated carbocycles. The van der Waals surface area contributed by atoms with E-state index in [-0.39, 0.29) is 5.54 Å². The van der Waals surface area contributed by atoms with Gasteiger partial charge in [0, 0.05) is 24.5 Å². The summed E-state index contributed by atoms with van der Waals surface area (Å²) in [6.45, 7) is 9.92. The van der Waals surface area contributed by atoms with E-state index in [1.54, 1.807) is 11.3 Å². The largest absolute Gasteiger partial charge is 0.370 e. The Bertz CT molecular complexity index is 486. The highest BCUT2D eigenvalue weighted by atomic mass is 32.1. The number of nitrogens with two attached hydrogens (primary N) is 1. The van der Waals surface area contributed by atoms with Gasteiger partial charge in [0.1, 0.15) is 0 Å². The van der Waals surface area contributed by atoms with Crippen LogP contribution >= 0.6 is 11.3 Å². The van der Waals surface area contributed by atoms with Crippen LogP contribution in [0.2, 0.25) is 0 Å². The minimum atomic E-state index is 0.168. The fourth-order valence-electron chi connectivity index (χ4n) is 3.55. The van der Waals surface area contributed by atoms with Crippen LogP contribution in [0.1, 0.15) is 31.6 Å². The fraction of sp³-hybridized carbons (Fsp3) is 0.688. The molecule has 1 aromatic rings. The Balaban J connectivity index is 1.67. The van der Waals surface area contributed by atoms with Gasteiger partial charge in [-0.1, -0.05) is 19.9 Å². The first-order valence-electron chi connectivity index (χ1n) is 7.91. The van der Waals surface area contributed by atoms with Crippen LogP contribution < -0.4 is 5.73 Å². The van der Waals surface area contributed by atoms with Gasteiger partial charge in [0.05, 0.1) is 18.6 Å². The highest BCUT2D eigenvalue weighted by Crippen LogP contribution is 2.34. The Hall–Kier alpha value is -1.07. The van der Waals surface area contributed by atoms with Crippen molar-refractivity contribution in [2.45, 2.75) is 38.8 Å². The average Bonchev–Trinajstić information content (AvgIpc) is 3.05. The van der Waals surface area contributed by atoms with Crippen molar-refractivity contribution in [1.82, 2.24) is 9.80 Å². The summed E-state index contributed by atoms with van der Waals surface area (Å²) in [5.41, 5.74) is 6.35. The van der Waals surface area contributed by atoms with Gasteiger partial charge >= 0.3 is 0 Å². The number of aliphatic imine (C=N–C) groups is 1. The number of rotatable bonds is 4. The molecule has 0 amide bonds. The molecule has 0 atom stereocenters. The Morgan fingerprint density at radius 1 is 1.38 bits per heavy atom. The predicted molar refractivity (Wildman–Crippen MR) is 89.6 cm³/mol. The number of hydrogen-bond acceptors (Lipinski definition) is 5. The summed E-state index contributed by atoms with van der Waals surface area (Å²) in [6.07, 6.45) is 2.35. The molecule has 1 saturated heterocycles. The highest BCUT2D eigenvalue weighted by molar-refractivity contribution is 7.09. The number of likely N-dealkylation sites (tertiary alicyclic amines) is 1. The molecular formula is C16H26N4S. The molecule has 0 bridgehead atoms. The lowest BCUT2D eigenvalue weighted by atomic mass is 9.86. The zero-order valence-corrected chi connectivity index (χ0v) is 13.9. The average molecular weight is 306 g/mol. The Kier molecular flexibility index (Phi) is 4.22. The number of hydrogen-bond donors (Lipinski definition) is 1. The first kappa shape index (κ1) is 14.9. The molecule has 21 heavy (non-hydrogen) atoms. The molecule has 2 aliphatic rings. The zero-order chi connectivity index (χ0) is 14.9. The molecule has 116 valence electrons. The van der Waals surface area contributed by atoms with E-state index in [1.165, 1.54) is 37.4 Å². The maximum absolute atomic E-state index is 6.18. The normalized spacial score (nSPS) is 22.2. The van der Waals surface area contributed by atoms with E-state index in [9.17, 15) is 0 Å². The summed E-state index contributed by atoms with van der Waals surface area (Å²) in [7, 11) is 0. The van der Waals surface area contributed by atoms with E-state index >= 15 is 0 Å². The van der Waals surface area contributed by atoms with Gasteiger partial charge in [-0.05, 0) is 30.2 Å². The minimum Gasteiger partial charge on any atom is -0.370 e. The van der Waals surface area contributed by atoms with Crippen LogP contribution in [0, 0.1) is 5.92 Å². The van der Waals surface area contributed by atoms with Crippen molar-refractivity contribution in [2.24, 2.45) is 16.6 Å². The summed E-state index contributed by atoms with van der Waals surface area (Å²) >= 11 is 1.81. The molecule has 3 heterocycles. The smallest absolute Gasteiger partial charge is 0.192 e. The molecule has 2 N–H and O–H groups in total. The van der Waals surface area contributed by atoms with Gasteiger partial charge in [-0.15, -0.1) is 11.3 Å². The summed E-state index contributed by atoms with van der Waals surface area (Å²) in [5.74, 6) is 1.48. The molecular weight excluding hydrogens is 280 g/mol. The Morgan fingerprint density at radius 3 is 2.76 bits per heavy atom. The second-order valence-electron chi connectivity index (χ2n) is 6.76. The first-order chi connectivity index (χ1) is 10.1. The van der Waals surface area contributed by atoms with E-state index in [2.05, 4.69) is 46.2 Å². The van der Waals surface area contributed by atoms with Crippen LogP contribution in [0.5, 0.6) is 0 Å². The Morgan fingerprint density at radius 2 is 2.14 bits per heavy atom. The summed E-state index contributed by atoms with van der Waals surface area (Å²) in [4.78, 5) is 10.9. The molecule has 1 aromatic heterocycles. The molecule has 2 aliphatic heterocycles. The topological polar surface area (TPSA) is 44.9 Å². The second-order valence-corrected chi connectivity index (χ2v) is 7.79. The van der Waals surface area contributed by atoms with Gasteiger partial charge in [0.15, 0.2) is 5.96 Å². The van der Waals surface area contributed by atoms with E-state index in [4.69, 9.17) is 5.73 Å². The number of thiophene rings is 1. The highest BCUT2D eigenvalue weighted by Gasteiger charge is 2.44. The predicted octanol–water partition coefficient (Wildman–Crippen LogP) is 2.37. The molecule has 0 unspecified atom stereocenters. The number of nitrogens with zero attached hydrogens (tertiary/aromatic N) is 3. The first-order valence-corrected chi connectivity index (χ1v) is 8.79. The van der Waals surface area contributed by atoms with Gasteiger partial charge in [-0.25, -0.2) is 0 Å². The lowest BCUT2D eigenvalue weighted by Crippen LogP contribution is -2.57. The molecule has 1 fully saturated rings. The van der Waals surface area contributed by atoms with E-state index < -0.39 is 0 Å². The van der Waals surface area contributed by atoms with Gasteiger partial charge in [-0.3, -0.25) is 4.99 Å². The van der Waals surface area contributed by atoms with Crippen LogP contribution in [-0.4, -0.2) is 47.5 Å². The van der Waals surface area contributed by atoms with Crippen molar-refractivity contribution in [3.05, 3.63) is 22.4 Å². The summed E-state index contributed by atoms with van der Waals surface area (Å²) in [6, 6.07) is 4.30. The fourth-order valence-corrected chi connectivity index (χ4v) is 4.24. The van der Waals surface area contributed by atoms with Gasteiger partial charge in [0.2, 0.25) is 0 Å². The number of piperidine rings is 1. The van der Waals surface area contributed by atoms with Crippen molar-refractivity contribution in [3.8, 4) is 0 Å². The Labute approximate surface area is 131 Å². The standard InChI is InChI=1S/C16H26N4S/c1-13(2)10-19-7-5-16(6-8-19)12-18-15(17)20(16)11-14-4-3-9-21-14/h3-4,9,13H,5-8,10-12H2,1-2H3,(H2,17,18). The van der Waals surface area contributed by atoms with Crippen LogP contribution in [0.15, 0.2) is 22.5 Å². The van der Waals surface area contributed by atoms with Crippen molar-refractivity contribution >= 4 is 17.3 Å². The molecule has 1 spiro atoms.